The lowest BCUT2D eigenvalue weighted by atomic mass is 9.95. The molecule has 21 heavy (non-hydrogen) atoms. The predicted molar refractivity (Wildman–Crippen MR) is 78.8 cm³/mol. The first-order chi connectivity index (χ1) is 10.2. The maximum Gasteiger partial charge on any atom is 0.123 e. The Bertz CT molecular complexity index is 467. The Morgan fingerprint density at radius 3 is 2.95 bits per heavy atom. The van der Waals surface area contributed by atoms with Crippen molar-refractivity contribution in [3.8, 4) is 11.5 Å². The molecule has 2 heterocycles. The summed E-state index contributed by atoms with van der Waals surface area (Å²) in [5.74, 6) is 1.45. The molecule has 1 aromatic carbocycles. The van der Waals surface area contributed by atoms with Crippen molar-refractivity contribution in [1.29, 1.82) is 0 Å². The van der Waals surface area contributed by atoms with Crippen LogP contribution in [0.2, 0.25) is 0 Å². The lowest BCUT2D eigenvalue weighted by molar-refractivity contribution is 0.0853. The molecule has 4 unspecified atom stereocenters. The van der Waals surface area contributed by atoms with Crippen LogP contribution in [0.5, 0.6) is 11.5 Å². The lowest BCUT2D eigenvalue weighted by Gasteiger charge is -2.22. The molecule has 0 saturated carbocycles. The first kappa shape index (κ1) is 14.6. The number of benzene rings is 1. The molecule has 0 aliphatic carbocycles. The average molecular weight is 293 g/mol. The third kappa shape index (κ3) is 3.67. The van der Waals surface area contributed by atoms with Gasteiger partial charge in [-0.15, -0.1) is 0 Å². The summed E-state index contributed by atoms with van der Waals surface area (Å²) in [6, 6.07) is 7.78. The quantitative estimate of drug-likeness (QED) is 0.794. The summed E-state index contributed by atoms with van der Waals surface area (Å²) < 4.78 is 16.5. The second-order valence-electron chi connectivity index (χ2n) is 5.77. The molecule has 1 aromatic rings. The van der Waals surface area contributed by atoms with Crippen LogP contribution in [-0.2, 0) is 4.74 Å². The minimum absolute atomic E-state index is 0.266. The van der Waals surface area contributed by atoms with Crippen LogP contribution in [-0.4, -0.2) is 49.7 Å². The number of hydrogen-bond acceptors (Lipinski definition) is 5. The molecule has 0 aromatic heterocycles. The van der Waals surface area contributed by atoms with Gasteiger partial charge in [0.05, 0.1) is 19.3 Å². The topological polar surface area (TPSA) is 60.0 Å². The van der Waals surface area contributed by atoms with Crippen LogP contribution in [0.25, 0.3) is 0 Å². The molecule has 2 N–H and O–H groups in total. The Morgan fingerprint density at radius 1 is 1.38 bits per heavy atom. The largest absolute Gasteiger partial charge is 0.497 e. The van der Waals surface area contributed by atoms with Crippen molar-refractivity contribution in [3.05, 3.63) is 24.3 Å². The molecule has 2 aliphatic rings. The van der Waals surface area contributed by atoms with Gasteiger partial charge in [-0.05, 0) is 31.4 Å². The van der Waals surface area contributed by atoms with E-state index in [1.54, 1.807) is 7.11 Å². The summed E-state index contributed by atoms with van der Waals surface area (Å²) in [5.41, 5.74) is 0. The summed E-state index contributed by atoms with van der Waals surface area (Å²) in [5, 5.41) is 13.4. The van der Waals surface area contributed by atoms with Crippen molar-refractivity contribution in [1.82, 2.24) is 5.32 Å². The Morgan fingerprint density at radius 2 is 2.24 bits per heavy atom. The molecule has 0 radical (unpaired) electrons. The van der Waals surface area contributed by atoms with Gasteiger partial charge in [-0.1, -0.05) is 6.07 Å². The number of hydrogen-bond donors (Lipinski definition) is 2. The fourth-order valence-electron chi connectivity index (χ4n) is 3.08. The first-order valence-corrected chi connectivity index (χ1v) is 7.58. The Kier molecular flexibility index (Phi) is 4.63. The zero-order valence-corrected chi connectivity index (χ0v) is 12.3. The van der Waals surface area contributed by atoms with Crippen molar-refractivity contribution in [2.45, 2.75) is 43.6 Å². The van der Waals surface area contributed by atoms with Gasteiger partial charge >= 0.3 is 0 Å². The van der Waals surface area contributed by atoms with Crippen LogP contribution < -0.4 is 14.8 Å². The third-order valence-electron chi connectivity index (χ3n) is 4.21. The standard InChI is InChI=1S/C16H23NO4/c1-19-12-3-2-4-13(7-12)20-10-11(18)9-17-15-8-14-5-6-16(15)21-14/h2-4,7,11,14-18H,5-6,8-10H2,1H3. The summed E-state index contributed by atoms with van der Waals surface area (Å²) in [6.07, 6.45) is 3.62. The molecular weight excluding hydrogens is 270 g/mol. The van der Waals surface area contributed by atoms with Crippen LogP contribution >= 0.6 is 0 Å². The molecule has 4 atom stereocenters. The highest BCUT2D eigenvalue weighted by molar-refractivity contribution is 5.32. The van der Waals surface area contributed by atoms with Gasteiger partial charge in [0.15, 0.2) is 0 Å². The predicted octanol–water partition coefficient (Wildman–Crippen LogP) is 1.34. The van der Waals surface area contributed by atoms with E-state index in [0.717, 1.165) is 18.6 Å². The first-order valence-electron chi connectivity index (χ1n) is 7.58. The van der Waals surface area contributed by atoms with E-state index in [1.165, 1.54) is 6.42 Å². The maximum atomic E-state index is 10.0. The van der Waals surface area contributed by atoms with E-state index < -0.39 is 6.10 Å². The van der Waals surface area contributed by atoms with Gasteiger partial charge in [0.2, 0.25) is 0 Å². The SMILES string of the molecule is COc1cccc(OCC(O)CNC2CC3CCC2O3)c1. The van der Waals surface area contributed by atoms with Crippen molar-refractivity contribution in [2.24, 2.45) is 0 Å². The van der Waals surface area contributed by atoms with Crippen LogP contribution in [0.15, 0.2) is 24.3 Å². The van der Waals surface area contributed by atoms with Gasteiger partial charge in [-0.2, -0.15) is 0 Å². The van der Waals surface area contributed by atoms with Gasteiger partial charge in [0, 0.05) is 18.7 Å². The zero-order valence-electron chi connectivity index (χ0n) is 12.3. The number of fused-ring (bicyclic) bond motifs is 2. The van der Waals surface area contributed by atoms with E-state index >= 15 is 0 Å². The highest BCUT2D eigenvalue weighted by atomic mass is 16.5. The fourth-order valence-corrected chi connectivity index (χ4v) is 3.08. The highest BCUT2D eigenvalue weighted by Crippen LogP contribution is 2.34. The van der Waals surface area contributed by atoms with Gasteiger partial charge in [-0.25, -0.2) is 0 Å². The Hall–Kier alpha value is -1.30. The highest BCUT2D eigenvalue weighted by Gasteiger charge is 2.40. The van der Waals surface area contributed by atoms with Crippen molar-refractivity contribution < 1.29 is 19.3 Å². The molecule has 3 rings (SSSR count). The fraction of sp³-hybridized carbons (Fsp3) is 0.625. The molecule has 2 aliphatic heterocycles. The number of methoxy groups -OCH3 is 1. The van der Waals surface area contributed by atoms with Crippen LogP contribution in [0.4, 0.5) is 0 Å². The molecule has 2 fully saturated rings. The monoisotopic (exact) mass is 293 g/mol. The van der Waals surface area contributed by atoms with Crippen molar-refractivity contribution in [3.63, 3.8) is 0 Å². The minimum Gasteiger partial charge on any atom is -0.497 e. The van der Waals surface area contributed by atoms with E-state index in [4.69, 9.17) is 14.2 Å². The van der Waals surface area contributed by atoms with Crippen LogP contribution in [0, 0.1) is 0 Å². The van der Waals surface area contributed by atoms with E-state index in [9.17, 15) is 5.11 Å². The zero-order chi connectivity index (χ0) is 14.7. The maximum absolute atomic E-state index is 10.0. The van der Waals surface area contributed by atoms with E-state index in [-0.39, 0.29) is 6.61 Å². The smallest absolute Gasteiger partial charge is 0.123 e. The van der Waals surface area contributed by atoms with E-state index in [0.29, 0.717) is 30.5 Å². The van der Waals surface area contributed by atoms with Gasteiger partial charge in [-0.3, -0.25) is 0 Å². The Balaban J connectivity index is 1.39. The lowest BCUT2D eigenvalue weighted by Crippen LogP contribution is -2.42. The van der Waals surface area contributed by atoms with E-state index in [1.807, 2.05) is 24.3 Å². The summed E-state index contributed by atoms with van der Waals surface area (Å²) in [6.45, 7) is 0.795. The molecule has 0 amide bonds. The average Bonchev–Trinajstić information content (AvgIpc) is 3.14. The number of rotatable bonds is 7. The van der Waals surface area contributed by atoms with Crippen molar-refractivity contribution >= 4 is 0 Å². The normalized spacial score (nSPS) is 28.6. The molecule has 2 bridgehead atoms. The summed E-state index contributed by atoms with van der Waals surface area (Å²) in [4.78, 5) is 0. The van der Waals surface area contributed by atoms with E-state index in [2.05, 4.69) is 5.32 Å². The molecule has 5 nitrogen and oxygen atoms in total. The molecule has 0 spiro atoms. The summed E-state index contributed by atoms with van der Waals surface area (Å²) >= 11 is 0. The number of ether oxygens (including phenoxy) is 3. The second-order valence-corrected chi connectivity index (χ2v) is 5.77. The third-order valence-corrected chi connectivity index (χ3v) is 4.21. The number of nitrogens with one attached hydrogen (secondary N) is 1. The van der Waals surface area contributed by atoms with Gasteiger partial charge in [0.1, 0.15) is 24.2 Å². The van der Waals surface area contributed by atoms with Gasteiger partial charge < -0.3 is 24.6 Å². The molecule has 2 saturated heterocycles. The second kappa shape index (κ2) is 6.64. The molecular formula is C16H23NO4. The van der Waals surface area contributed by atoms with Crippen molar-refractivity contribution in [2.75, 3.05) is 20.3 Å². The number of aliphatic hydroxyl groups is 1. The van der Waals surface area contributed by atoms with Crippen LogP contribution in [0.1, 0.15) is 19.3 Å². The molecule has 5 heteroatoms. The summed E-state index contributed by atoms with van der Waals surface area (Å²) in [7, 11) is 1.62. The van der Waals surface area contributed by atoms with Gasteiger partial charge in [0.25, 0.3) is 0 Å². The number of aliphatic hydroxyl groups excluding tert-OH is 1. The minimum atomic E-state index is -0.532. The molecule has 116 valence electrons. The van der Waals surface area contributed by atoms with Crippen LogP contribution in [0.3, 0.4) is 0 Å². The Labute approximate surface area is 125 Å².